The van der Waals surface area contributed by atoms with Crippen molar-refractivity contribution in [3.63, 3.8) is 0 Å². The Morgan fingerprint density at radius 3 is 1.06 bits per heavy atom. The van der Waals surface area contributed by atoms with Crippen LogP contribution in [-0.4, -0.2) is 39.6 Å². The first-order valence-electron chi connectivity index (χ1n) is 14.9. The summed E-state index contributed by atoms with van der Waals surface area (Å²) < 4.78 is 14.1. The largest absolute Gasteiger partial charge is 0.416 e. The molecule has 0 rings (SSSR count). The first kappa shape index (κ1) is 33.7. The second-order valence-corrected chi connectivity index (χ2v) is 20.6. The monoisotopic (exact) mass is 518 g/mol. The van der Waals surface area contributed by atoms with Crippen molar-refractivity contribution < 1.29 is 8.85 Å². The lowest BCUT2D eigenvalue weighted by Crippen LogP contribution is -2.54. The summed E-state index contributed by atoms with van der Waals surface area (Å²) in [5, 5.41) is 0. The van der Waals surface area contributed by atoms with Gasteiger partial charge in [0.15, 0.2) is 0 Å². The molecule has 5 heteroatoms. The highest BCUT2D eigenvalue weighted by Gasteiger charge is 2.47. The molecule has 0 aliphatic heterocycles. The van der Waals surface area contributed by atoms with Crippen LogP contribution in [0.15, 0.2) is 0 Å². The Hall–Kier alpha value is 0.704. The Balaban J connectivity index is 5.87. The maximum absolute atomic E-state index is 7.05. The average Bonchev–Trinajstić information content (AvgIpc) is 2.80. The topological polar surface area (TPSA) is 18.5 Å². The van der Waals surface area contributed by atoms with Crippen LogP contribution in [0.2, 0.25) is 24.2 Å². The highest BCUT2D eigenvalue weighted by Crippen LogP contribution is 2.43. The standard InChI is InChI=1S/C28H62O2SSi2/c1-9-17-19-21-29-32(23-11-3,24-12-4)27(15-7)31-28(16-8)33(25-13-5,26-14-6)30-22-20-18-10-2/h27-28H,9-26H2,1-8H3. The first-order chi connectivity index (χ1) is 16.0. The van der Waals surface area contributed by atoms with Gasteiger partial charge < -0.3 is 8.85 Å². The zero-order valence-electron chi connectivity index (χ0n) is 24.1. The summed E-state index contributed by atoms with van der Waals surface area (Å²) in [7, 11) is -3.59. The molecule has 0 aliphatic rings. The van der Waals surface area contributed by atoms with Gasteiger partial charge in [0.05, 0.1) is 0 Å². The normalized spacial score (nSPS) is 14.5. The lowest BCUT2D eigenvalue weighted by atomic mass is 10.3. The maximum Gasteiger partial charge on any atom is 0.205 e. The molecule has 0 spiro atoms. The zero-order chi connectivity index (χ0) is 25.0. The van der Waals surface area contributed by atoms with Crippen LogP contribution >= 0.6 is 11.8 Å². The molecule has 0 radical (unpaired) electrons. The number of hydrogen-bond acceptors (Lipinski definition) is 3. The predicted octanol–water partition coefficient (Wildman–Crippen LogP) is 10.3. The Bertz CT molecular complexity index is 386. The highest BCUT2D eigenvalue weighted by atomic mass is 32.2. The number of rotatable bonds is 24. The van der Waals surface area contributed by atoms with Crippen molar-refractivity contribution in [2.45, 2.75) is 166 Å². The molecule has 2 atom stereocenters. The zero-order valence-corrected chi connectivity index (χ0v) is 26.9. The molecule has 0 saturated heterocycles. The molecule has 0 bridgehead atoms. The van der Waals surface area contributed by atoms with Crippen molar-refractivity contribution in [2.24, 2.45) is 0 Å². The van der Waals surface area contributed by atoms with Crippen LogP contribution in [0, 0.1) is 0 Å². The van der Waals surface area contributed by atoms with Crippen molar-refractivity contribution in [3.8, 4) is 0 Å². The summed E-state index contributed by atoms with van der Waals surface area (Å²) >= 11 is 2.36. The van der Waals surface area contributed by atoms with Gasteiger partial charge in [-0.15, -0.1) is 0 Å². The van der Waals surface area contributed by atoms with Gasteiger partial charge in [0.25, 0.3) is 0 Å². The second-order valence-electron chi connectivity index (χ2n) is 10.2. The van der Waals surface area contributed by atoms with E-state index in [4.69, 9.17) is 8.85 Å². The van der Waals surface area contributed by atoms with E-state index >= 15 is 0 Å². The fourth-order valence-electron chi connectivity index (χ4n) is 5.70. The van der Waals surface area contributed by atoms with E-state index in [9.17, 15) is 0 Å². The summed E-state index contributed by atoms with van der Waals surface area (Å²) in [6, 6.07) is 5.34. The van der Waals surface area contributed by atoms with E-state index in [2.05, 4.69) is 67.2 Å². The molecule has 33 heavy (non-hydrogen) atoms. The Kier molecular flexibility index (Phi) is 21.3. The van der Waals surface area contributed by atoms with Crippen LogP contribution in [0.5, 0.6) is 0 Å². The fraction of sp³-hybridized carbons (Fsp3) is 1.00. The van der Waals surface area contributed by atoms with Crippen molar-refractivity contribution >= 4 is 28.4 Å². The minimum Gasteiger partial charge on any atom is -0.416 e. The van der Waals surface area contributed by atoms with Gasteiger partial charge in [-0.05, 0) is 49.9 Å². The molecule has 200 valence electrons. The average molecular weight is 519 g/mol. The molecule has 0 aromatic rings. The quantitative estimate of drug-likeness (QED) is 0.0934. The maximum atomic E-state index is 7.05. The smallest absolute Gasteiger partial charge is 0.205 e. The third-order valence-corrected chi connectivity index (χ3v) is 22.0. The van der Waals surface area contributed by atoms with E-state index in [0.717, 1.165) is 13.2 Å². The second kappa shape index (κ2) is 20.9. The summed E-state index contributed by atoms with van der Waals surface area (Å²) in [6.45, 7) is 21.0. The van der Waals surface area contributed by atoms with E-state index in [1.165, 1.54) is 101 Å². The molecule has 2 nitrogen and oxygen atoms in total. The molecule has 0 N–H and O–H groups in total. The van der Waals surface area contributed by atoms with Crippen LogP contribution in [0.4, 0.5) is 0 Å². The molecule has 0 fully saturated rings. The Labute approximate surface area is 216 Å². The van der Waals surface area contributed by atoms with E-state index in [-0.39, 0.29) is 0 Å². The van der Waals surface area contributed by atoms with E-state index < -0.39 is 16.6 Å². The van der Waals surface area contributed by atoms with Gasteiger partial charge >= 0.3 is 0 Å². The van der Waals surface area contributed by atoms with Crippen molar-refractivity contribution in [1.29, 1.82) is 0 Å². The molecule has 2 unspecified atom stereocenters. The molecule has 0 amide bonds. The molecule has 0 saturated carbocycles. The van der Waals surface area contributed by atoms with Crippen LogP contribution in [0.25, 0.3) is 0 Å². The third-order valence-electron chi connectivity index (χ3n) is 7.21. The van der Waals surface area contributed by atoms with Gasteiger partial charge in [-0.3, -0.25) is 0 Å². The summed E-state index contributed by atoms with van der Waals surface area (Å²) in [6.07, 6.45) is 15.3. The number of thioether (sulfide) groups is 1. The van der Waals surface area contributed by atoms with Gasteiger partial charge in [0, 0.05) is 23.0 Å². The van der Waals surface area contributed by atoms with Gasteiger partial charge in [-0.2, -0.15) is 11.8 Å². The van der Waals surface area contributed by atoms with Crippen LogP contribution in [0.1, 0.15) is 132 Å². The van der Waals surface area contributed by atoms with E-state index in [0.29, 0.717) is 9.75 Å². The molecule has 0 aromatic carbocycles. The van der Waals surface area contributed by atoms with Crippen LogP contribution in [-0.2, 0) is 8.85 Å². The van der Waals surface area contributed by atoms with Crippen LogP contribution in [0.3, 0.4) is 0 Å². The summed E-state index contributed by atoms with van der Waals surface area (Å²) in [5.41, 5.74) is 0. The highest BCUT2D eigenvalue weighted by molar-refractivity contribution is 8.03. The first-order valence-corrected chi connectivity index (χ1v) is 20.7. The molecular formula is C28H62O2SSi2. The third kappa shape index (κ3) is 12.0. The summed E-state index contributed by atoms with van der Waals surface area (Å²) in [4.78, 5) is 1.42. The minimum absolute atomic E-state index is 0.712. The molecule has 0 heterocycles. The van der Waals surface area contributed by atoms with Gasteiger partial charge in [0.1, 0.15) is 0 Å². The van der Waals surface area contributed by atoms with Crippen molar-refractivity contribution in [2.75, 3.05) is 13.2 Å². The van der Waals surface area contributed by atoms with E-state index in [1.54, 1.807) is 0 Å². The molecule has 0 aliphatic carbocycles. The Morgan fingerprint density at radius 1 is 0.485 bits per heavy atom. The number of unbranched alkanes of at least 4 members (excludes halogenated alkanes) is 4. The Morgan fingerprint density at radius 2 is 0.818 bits per heavy atom. The fourth-order valence-corrected chi connectivity index (χ4v) is 20.4. The van der Waals surface area contributed by atoms with Gasteiger partial charge in [0.2, 0.25) is 16.6 Å². The lowest BCUT2D eigenvalue weighted by molar-refractivity contribution is 0.282. The van der Waals surface area contributed by atoms with Crippen molar-refractivity contribution in [3.05, 3.63) is 0 Å². The predicted molar refractivity (Wildman–Crippen MR) is 159 cm³/mol. The SMILES string of the molecule is CCCCCO[Si](CCC)(CCC)C(CC)SC(CC)[Si](CCC)(CCC)OCCCCC. The molecule has 0 aromatic heterocycles. The number of hydrogen-bond donors (Lipinski definition) is 0. The van der Waals surface area contributed by atoms with Gasteiger partial charge in [-0.1, -0.05) is 107 Å². The molecular weight excluding hydrogens is 457 g/mol. The minimum atomic E-state index is -1.79. The van der Waals surface area contributed by atoms with Gasteiger partial charge in [-0.25, -0.2) is 0 Å². The van der Waals surface area contributed by atoms with Crippen molar-refractivity contribution in [1.82, 2.24) is 0 Å². The van der Waals surface area contributed by atoms with E-state index in [1.807, 2.05) is 0 Å². The lowest BCUT2D eigenvalue weighted by Gasteiger charge is -2.44. The summed E-state index contributed by atoms with van der Waals surface area (Å²) in [5.74, 6) is 0. The van der Waals surface area contributed by atoms with Crippen LogP contribution < -0.4 is 0 Å².